The lowest BCUT2D eigenvalue weighted by Crippen LogP contribution is -2.51. The van der Waals surface area contributed by atoms with Gasteiger partial charge in [-0.15, -0.1) is 0 Å². The van der Waals surface area contributed by atoms with Crippen LogP contribution in [-0.4, -0.2) is 65.6 Å². The van der Waals surface area contributed by atoms with Crippen LogP contribution in [0.3, 0.4) is 0 Å². The Balaban J connectivity index is 1.58. The lowest BCUT2D eigenvalue weighted by Gasteiger charge is -2.37. The summed E-state index contributed by atoms with van der Waals surface area (Å²) in [5, 5.41) is 7.17. The van der Waals surface area contributed by atoms with E-state index in [9.17, 15) is 4.79 Å². The van der Waals surface area contributed by atoms with E-state index < -0.39 is 0 Å². The van der Waals surface area contributed by atoms with Gasteiger partial charge < -0.3 is 14.7 Å². The Kier molecular flexibility index (Phi) is 6.00. The van der Waals surface area contributed by atoms with Gasteiger partial charge in [0.2, 0.25) is 17.6 Å². The number of rotatable bonds is 6. The number of carbonyl (C=O) groups excluding carboxylic acids is 1. The molecule has 3 rings (SSSR count). The van der Waals surface area contributed by atoms with Crippen molar-refractivity contribution in [1.29, 1.82) is 0 Å². The molecule has 1 N–H and O–H groups in total. The number of hydrogen-bond donors (Lipinski definition) is 1. The molecule has 7 nitrogen and oxygen atoms in total. The van der Waals surface area contributed by atoms with Crippen molar-refractivity contribution in [2.75, 3.05) is 39.8 Å². The predicted octanol–water partition coefficient (Wildman–Crippen LogP) is 1.80. The average Bonchev–Trinajstić information content (AvgIpc) is 3.18. The Labute approximate surface area is 154 Å². The summed E-state index contributed by atoms with van der Waals surface area (Å²) in [5.74, 6) is 1.46. The van der Waals surface area contributed by atoms with Crippen molar-refractivity contribution in [3.05, 3.63) is 36.2 Å². The van der Waals surface area contributed by atoms with Crippen molar-refractivity contribution in [2.24, 2.45) is 5.92 Å². The van der Waals surface area contributed by atoms with Gasteiger partial charge >= 0.3 is 0 Å². The molecular formula is C19H27N5O2. The van der Waals surface area contributed by atoms with Crippen molar-refractivity contribution in [3.63, 3.8) is 0 Å². The quantitative estimate of drug-likeness (QED) is 0.850. The molecule has 2 unspecified atom stereocenters. The summed E-state index contributed by atoms with van der Waals surface area (Å²) in [6.07, 6.45) is 0. The van der Waals surface area contributed by atoms with E-state index in [-0.39, 0.29) is 17.9 Å². The van der Waals surface area contributed by atoms with Crippen LogP contribution in [0.2, 0.25) is 0 Å². The van der Waals surface area contributed by atoms with Crippen molar-refractivity contribution in [1.82, 2.24) is 25.3 Å². The fourth-order valence-corrected chi connectivity index (χ4v) is 3.30. The van der Waals surface area contributed by atoms with Gasteiger partial charge in [-0.3, -0.25) is 9.69 Å². The number of nitrogens with one attached hydrogen (secondary N) is 1. The Hall–Kier alpha value is -2.25. The number of hydrogen-bond acceptors (Lipinski definition) is 6. The minimum Gasteiger partial charge on any atom is -0.340 e. The predicted molar refractivity (Wildman–Crippen MR) is 99.4 cm³/mol. The number of piperazine rings is 1. The fraction of sp³-hybridized carbons (Fsp3) is 0.526. The third-order valence-corrected chi connectivity index (χ3v) is 4.94. The molecule has 1 amide bonds. The van der Waals surface area contributed by atoms with E-state index in [0.717, 1.165) is 31.7 Å². The van der Waals surface area contributed by atoms with Crippen LogP contribution in [0, 0.1) is 5.92 Å². The van der Waals surface area contributed by atoms with E-state index >= 15 is 0 Å². The number of carbonyl (C=O) groups is 1. The maximum Gasteiger partial charge on any atom is 0.244 e. The summed E-state index contributed by atoms with van der Waals surface area (Å²) < 4.78 is 5.49. The van der Waals surface area contributed by atoms with Crippen LogP contribution in [0.5, 0.6) is 0 Å². The second-order valence-electron chi connectivity index (χ2n) is 6.82. The van der Waals surface area contributed by atoms with Crippen molar-refractivity contribution < 1.29 is 9.32 Å². The molecule has 1 saturated heterocycles. The summed E-state index contributed by atoms with van der Waals surface area (Å²) in [5.41, 5.74) is 0.948. The first-order valence-electron chi connectivity index (χ1n) is 9.16. The van der Waals surface area contributed by atoms with Crippen LogP contribution in [0.15, 0.2) is 34.9 Å². The van der Waals surface area contributed by atoms with Gasteiger partial charge in [-0.2, -0.15) is 4.98 Å². The molecule has 1 aromatic heterocycles. The van der Waals surface area contributed by atoms with Gasteiger partial charge in [-0.05, 0) is 14.0 Å². The Morgan fingerprint density at radius 2 is 1.88 bits per heavy atom. The maximum atomic E-state index is 12.4. The highest BCUT2D eigenvalue weighted by atomic mass is 16.5. The Bertz CT molecular complexity index is 710. The summed E-state index contributed by atoms with van der Waals surface area (Å²) >= 11 is 0. The zero-order chi connectivity index (χ0) is 18.5. The molecule has 0 spiro atoms. The normalized spacial score (nSPS) is 17.9. The SMILES string of the molecule is CNCC(C)C(=O)N1CCN(C(C)c2nc(-c3ccccc3)no2)CC1. The van der Waals surface area contributed by atoms with E-state index in [4.69, 9.17) is 4.52 Å². The summed E-state index contributed by atoms with van der Waals surface area (Å²) in [4.78, 5) is 21.2. The topological polar surface area (TPSA) is 74.5 Å². The zero-order valence-corrected chi connectivity index (χ0v) is 15.7. The molecular weight excluding hydrogens is 330 g/mol. The Morgan fingerprint density at radius 1 is 1.19 bits per heavy atom. The monoisotopic (exact) mass is 357 g/mol. The first-order valence-corrected chi connectivity index (χ1v) is 9.16. The van der Waals surface area contributed by atoms with Gasteiger partial charge in [-0.1, -0.05) is 42.4 Å². The number of benzene rings is 1. The molecule has 1 aromatic carbocycles. The van der Waals surface area contributed by atoms with Gasteiger partial charge in [0.1, 0.15) is 0 Å². The maximum absolute atomic E-state index is 12.4. The molecule has 140 valence electrons. The molecule has 7 heteroatoms. The number of amides is 1. The molecule has 0 bridgehead atoms. The van der Waals surface area contributed by atoms with Gasteiger partial charge in [0, 0.05) is 44.2 Å². The summed E-state index contributed by atoms with van der Waals surface area (Å²) in [6.45, 7) is 7.83. The molecule has 2 aromatic rings. The summed E-state index contributed by atoms with van der Waals surface area (Å²) in [7, 11) is 1.87. The molecule has 1 aliphatic rings. The first kappa shape index (κ1) is 18.5. The number of aromatic nitrogens is 2. The minimum atomic E-state index is 0.00773. The van der Waals surface area contributed by atoms with Crippen molar-refractivity contribution >= 4 is 5.91 Å². The van der Waals surface area contributed by atoms with Gasteiger partial charge in [0.15, 0.2) is 0 Å². The van der Waals surface area contributed by atoms with E-state index in [0.29, 0.717) is 18.3 Å². The average molecular weight is 357 g/mol. The van der Waals surface area contributed by atoms with Crippen LogP contribution >= 0.6 is 0 Å². The van der Waals surface area contributed by atoms with E-state index in [2.05, 4.69) is 27.3 Å². The molecule has 2 heterocycles. The lowest BCUT2D eigenvalue weighted by molar-refractivity contribution is -0.137. The van der Waals surface area contributed by atoms with Crippen molar-refractivity contribution in [3.8, 4) is 11.4 Å². The fourth-order valence-electron chi connectivity index (χ4n) is 3.30. The van der Waals surface area contributed by atoms with Crippen LogP contribution in [0.4, 0.5) is 0 Å². The molecule has 1 aliphatic heterocycles. The molecule has 2 atom stereocenters. The van der Waals surface area contributed by atoms with Crippen LogP contribution in [0.25, 0.3) is 11.4 Å². The van der Waals surface area contributed by atoms with E-state index in [1.807, 2.05) is 49.2 Å². The largest absolute Gasteiger partial charge is 0.340 e. The first-order chi connectivity index (χ1) is 12.6. The van der Waals surface area contributed by atoms with Crippen LogP contribution < -0.4 is 5.32 Å². The lowest BCUT2D eigenvalue weighted by atomic mass is 10.1. The van der Waals surface area contributed by atoms with Crippen LogP contribution in [-0.2, 0) is 4.79 Å². The highest BCUT2D eigenvalue weighted by Crippen LogP contribution is 2.23. The molecule has 26 heavy (non-hydrogen) atoms. The summed E-state index contributed by atoms with van der Waals surface area (Å²) in [6, 6.07) is 9.85. The molecule has 0 aliphatic carbocycles. The van der Waals surface area contributed by atoms with E-state index in [1.54, 1.807) is 0 Å². The Morgan fingerprint density at radius 3 is 2.54 bits per heavy atom. The molecule has 0 radical (unpaired) electrons. The highest BCUT2D eigenvalue weighted by Gasteiger charge is 2.29. The third kappa shape index (κ3) is 4.11. The number of nitrogens with zero attached hydrogens (tertiary/aromatic N) is 4. The third-order valence-electron chi connectivity index (χ3n) is 4.94. The highest BCUT2D eigenvalue weighted by molar-refractivity contribution is 5.78. The minimum absolute atomic E-state index is 0.00773. The van der Waals surface area contributed by atoms with E-state index in [1.165, 1.54) is 0 Å². The van der Waals surface area contributed by atoms with Gasteiger partial charge in [-0.25, -0.2) is 0 Å². The zero-order valence-electron chi connectivity index (χ0n) is 15.7. The molecule has 0 saturated carbocycles. The smallest absolute Gasteiger partial charge is 0.244 e. The van der Waals surface area contributed by atoms with Gasteiger partial charge in [0.05, 0.1) is 6.04 Å². The van der Waals surface area contributed by atoms with Gasteiger partial charge in [0.25, 0.3) is 0 Å². The second kappa shape index (κ2) is 8.42. The van der Waals surface area contributed by atoms with Crippen LogP contribution in [0.1, 0.15) is 25.8 Å². The second-order valence-corrected chi connectivity index (χ2v) is 6.82. The molecule has 1 fully saturated rings. The van der Waals surface area contributed by atoms with Crippen molar-refractivity contribution in [2.45, 2.75) is 19.9 Å². The standard InChI is InChI=1S/C19H27N5O2/c1-14(13-20-3)19(25)24-11-9-23(10-12-24)15(2)18-21-17(22-26-18)16-7-5-4-6-8-16/h4-8,14-15,20H,9-13H2,1-3H3.